The Balaban J connectivity index is 2.07. The molecule has 0 bridgehead atoms. The summed E-state index contributed by atoms with van der Waals surface area (Å²) in [4.78, 5) is 25.9. The molecular weight excluding hydrogens is 324 g/mol. The van der Waals surface area contributed by atoms with E-state index in [1.165, 1.54) is 11.3 Å². The highest BCUT2D eigenvalue weighted by atomic mass is 32.1. The van der Waals surface area contributed by atoms with Crippen molar-refractivity contribution in [3.8, 4) is 0 Å². The van der Waals surface area contributed by atoms with Gasteiger partial charge in [0.2, 0.25) is 5.91 Å². The van der Waals surface area contributed by atoms with Crippen molar-refractivity contribution in [3.63, 3.8) is 0 Å². The van der Waals surface area contributed by atoms with E-state index in [2.05, 4.69) is 38.3 Å². The van der Waals surface area contributed by atoms with E-state index in [1.807, 2.05) is 0 Å². The van der Waals surface area contributed by atoms with Crippen LogP contribution in [-0.2, 0) is 21.5 Å². The summed E-state index contributed by atoms with van der Waals surface area (Å²) in [7, 11) is 0. The van der Waals surface area contributed by atoms with Crippen LogP contribution in [0.3, 0.4) is 0 Å². The molecule has 1 saturated carbocycles. The van der Waals surface area contributed by atoms with Gasteiger partial charge in [0.1, 0.15) is 5.00 Å². The van der Waals surface area contributed by atoms with E-state index in [9.17, 15) is 9.59 Å². The molecule has 0 unspecified atom stereocenters. The summed E-state index contributed by atoms with van der Waals surface area (Å²) in [6, 6.07) is 0. The minimum Gasteiger partial charge on any atom is -0.462 e. The van der Waals surface area contributed by atoms with E-state index in [-0.39, 0.29) is 28.9 Å². The van der Waals surface area contributed by atoms with Crippen molar-refractivity contribution in [1.82, 2.24) is 5.32 Å². The molecule has 1 aromatic rings. The van der Waals surface area contributed by atoms with E-state index in [0.717, 1.165) is 29.7 Å². The molecule has 6 heteroatoms. The molecule has 0 atom stereocenters. The van der Waals surface area contributed by atoms with Gasteiger partial charge >= 0.3 is 5.97 Å². The monoisotopic (exact) mass is 350 g/mol. The third kappa shape index (κ3) is 3.22. The molecule has 2 N–H and O–H groups in total. The number of hydrogen-bond acceptors (Lipinski definition) is 5. The van der Waals surface area contributed by atoms with Crippen LogP contribution >= 0.6 is 11.3 Å². The van der Waals surface area contributed by atoms with Gasteiger partial charge in [-0.3, -0.25) is 4.79 Å². The van der Waals surface area contributed by atoms with Crippen LogP contribution in [0.25, 0.3) is 0 Å². The van der Waals surface area contributed by atoms with Crippen molar-refractivity contribution in [1.29, 1.82) is 0 Å². The van der Waals surface area contributed by atoms with E-state index in [0.29, 0.717) is 17.2 Å². The van der Waals surface area contributed by atoms with E-state index in [4.69, 9.17) is 4.74 Å². The molecule has 1 aliphatic heterocycles. The molecule has 2 aliphatic rings. The van der Waals surface area contributed by atoms with E-state index < -0.39 is 0 Å². The predicted molar refractivity (Wildman–Crippen MR) is 95.6 cm³/mol. The molecule has 0 aromatic carbocycles. The lowest BCUT2D eigenvalue weighted by Crippen LogP contribution is -2.55. The second-order valence-corrected chi connectivity index (χ2v) is 8.93. The summed E-state index contributed by atoms with van der Waals surface area (Å²) >= 11 is 1.50. The van der Waals surface area contributed by atoms with E-state index in [1.54, 1.807) is 6.92 Å². The minimum absolute atomic E-state index is 0.0178. The molecule has 5 nitrogen and oxygen atoms in total. The summed E-state index contributed by atoms with van der Waals surface area (Å²) in [5, 5.41) is 7.26. The maximum atomic E-state index is 12.6. The highest BCUT2D eigenvalue weighted by Gasteiger charge is 2.42. The molecule has 2 heterocycles. The van der Waals surface area contributed by atoms with Crippen LogP contribution in [0.1, 0.15) is 68.3 Å². The first-order valence-corrected chi connectivity index (χ1v) is 9.40. The van der Waals surface area contributed by atoms with Gasteiger partial charge in [-0.15, -0.1) is 11.3 Å². The number of rotatable bonds is 4. The topological polar surface area (TPSA) is 67.4 Å². The Bertz CT molecular complexity index is 687. The van der Waals surface area contributed by atoms with Crippen LogP contribution in [0.4, 0.5) is 5.00 Å². The van der Waals surface area contributed by atoms with Gasteiger partial charge in [0.05, 0.1) is 12.2 Å². The molecule has 1 amide bonds. The highest BCUT2D eigenvalue weighted by Crippen LogP contribution is 2.45. The van der Waals surface area contributed by atoms with Crippen LogP contribution in [0.15, 0.2) is 0 Å². The maximum Gasteiger partial charge on any atom is 0.341 e. The number of amides is 1. The molecule has 1 aromatic heterocycles. The minimum atomic E-state index is -0.338. The van der Waals surface area contributed by atoms with Crippen molar-refractivity contribution in [2.24, 2.45) is 5.92 Å². The molecule has 3 rings (SSSR count). The normalized spacial score (nSPS) is 21.0. The zero-order valence-electron chi connectivity index (χ0n) is 15.0. The van der Waals surface area contributed by atoms with Gasteiger partial charge in [0, 0.05) is 21.9 Å². The van der Waals surface area contributed by atoms with Gasteiger partial charge in [-0.2, -0.15) is 0 Å². The van der Waals surface area contributed by atoms with Crippen molar-refractivity contribution in [2.75, 3.05) is 11.9 Å². The fourth-order valence-electron chi connectivity index (χ4n) is 3.59. The number of nitrogens with one attached hydrogen (secondary N) is 2. The van der Waals surface area contributed by atoms with Crippen LogP contribution in [0.2, 0.25) is 0 Å². The molecule has 0 spiro atoms. The van der Waals surface area contributed by atoms with Gasteiger partial charge in [0.15, 0.2) is 0 Å². The number of thiophene rings is 1. The van der Waals surface area contributed by atoms with Gasteiger partial charge < -0.3 is 15.4 Å². The number of ether oxygens (including phenoxy) is 1. The summed E-state index contributed by atoms with van der Waals surface area (Å²) in [5.74, 6) is -0.222. The first-order valence-electron chi connectivity index (χ1n) is 8.58. The second-order valence-electron chi connectivity index (χ2n) is 7.91. The van der Waals surface area contributed by atoms with E-state index >= 15 is 0 Å². The molecule has 0 saturated heterocycles. The summed E-state index contributed by atoms with van der Waals surface area (Å²) in [5.41, 5.74) is 1.18. The van der Waals surface area contributed by atoms with Gasteiger partial charge in [-0.05, 0) is 59.4 Å². The third-order valence-corrected chi connectivity index (χ3v) is 5.98. The zero-order chi connectivity index (χ0) is 17.7. The van der Waals surface area contributed by atoms with Crippen molar-refractivity contribution >= 4 is 28.2 Å². The number of carbonyl (C=O) groups excluding carboxylic acids is 2. The first-order chi connectivity index (χ1) is 11.1. The Morgan fingerprint density at radius 2 is 1.96 bits per heavy atom. The molecule has 0 radical (unpaired) electrons. The van der Waals surface area contributed by atoms with Crippen molar-refractivity contribution in [3.05, 3.63) is 16.0 Å². The van der Waals surface area contributed by atoms with Crippen LogP contribution in [0.5, 0.6) is 0 Å². The Hall–Kier alpha value is -1.40. The lowest BCUT2D eigenvalue weighted by Gasteiger charge is -2.42. The lowest BCUT2D eigenvalue weighted by molar-refractivity contribution is -0.117. The summed E-state index contributed by atoms with van der Waals surface area (Å²) in [6.07, 6.45) is 2.60. The van der Waals surface area contributed by atoms with Crippen molar-refractivity contribution < 1.29 is 14.3 Å². The quantitative estimate of drug-likeness (QED) is 0.817. The SMILES string of the molecule is CCOC(=O)c1c(NC(=O)C2CC2)sc2c1CC(C)(C)NC2(C)C. The Kier molecular flexibility index (Phi) is 4.24. The van der Waals surface area contributed by atoms with Crippen LogP contribution in [0, 0.1) is 5.92 Å². The number of fused-ring (bicyclic) bond motifs is 1. The fraction of sp³-hybridized carbons (Fsp3) is 0.667. The fourth-order valence-corrected chi connectivity index (χ4v) is 4.86. The number of carbonyl (C=O) groups is 2. The second kappa shape index (κ2) is 5.85. The molecule has 1 fully saturated rings. The van der Waals surface area contributed by atoms with Crippen LogP contribution in [-0.4, -0.2) is 24.0 Å². The third-order valence-electron chi connectivity index (χ3n) is 4.51. The highest BCUT2D eigenvalue weighted by molar-refractivity contribution is 7.17. The Morgan fingerprint density at radius 3 is 2.54 bits per heavy atom. The number of anilines is 1. The average Bonchev–Trinajstić information content (AvgIpc) is 3.20. The molecule has 132 valence electrons. The largest absolute Gasteiger partial charge is 0.462 e. The van der Waals surface area contributed by atoms with Gasteiger partial charge in [-0.25, -0.2) is 4.79 Å². The van der Waals surface area contributed by atoms with Crippen LogP contribution < -0.4 is 10.6 Å². The standard InChI is InChI=1S/C18H26N2O3S/c1-6-23-16(22)12-11-9-17(2,3)20-18(4,5)13(11)24-15(12)19-14(21)10-7-8-10/h10,20H,6-9H2,1-5H3,(H,19,21). The first kappa shape index (κ1) is 17.4. The summed E-state index contributed by atoms with van der Waals surface area (Å²) < 4.78 is 5.28. The molecular formula is C18H26N2O3S. The zero-order valence-corrected chi connectivity index (χ0v) is 15.9. The number of esters is 1. The molecule has 1 aliphatic carbocycles. The number of hydrogen-bond donors (Lipinski definition) is 2. The van der Waals surface area contributed by atoms with Gasteiger partial charge in [0.25, 0.3) is 0 Å². The average molecular weight is 350 g/mol. The molecule has 24 heavy (non-hydrogen) atoms. The Morgan fingerprint density at radius 1 is 1.29 bits per heavy atom. The van der Waals surface area contributed by atoms with Crippen molar-refractivity contribution in [2.45, 2.75) is 65.0 Å². The smallest absolute Gasteiger partial charge is 0.341 e. The Labute approximate surface area is 147 Å². The van der Waals surface area contributed by atoms with Gasteiger partial charge in [-0.1, -0.05) is 0 Å². The lowest BCUT2D eigenvalue weighted by atomic mass is 9.81. The maximum absolute atomic E-state index is 12.6. The predicted octanol–water partition coefficient (Wildman–Crippen LogP) is 3.43. The summed E-state index contributed by atoms with van der Waals surface area (Å²) in [6.45, 7) is 10.6.